The van der Waals surface area contributed by atoms with E-state index >= 15 is 0 Å². The van der Waals surface area contributed by atoms with Gasteiger partial charge in [-0.1, -0.05) is 23.7 Å². The largest absolute Gasteiger partial charge is 0.415 e. The van der Waals surface area contributed by atoms with Crippen LogP contribution in [0.5, 0.6) is 0 Å². The minimum Gasteiger partial charge on any atom is -0.382 e. The lowest BCUT2D eigenvalue weighted by Gasteiger charge is -2.33. The molecule has 0 saturated carbocycles. The molecule has 1 aromatic carbocycles. The molecular formula is C17H19ClF3N3O. The molecule has 0 radical (unpaired) electrons. The van der Waals surface area contributed by atoms with Crippen LogP contribution in [0.3, 0.4) is 0 Å². The summed E-state index contributed by atoms with van der Waals surface area (Å²) in [5.74, 6) is 0.229. The number of halogens is 4. The maximum Gasteiger partial charge on any atom is 0.415 e. The summed E-state index contributed by atoms with van der Waals surface area (Å²) < 4.78 is 37.3. The molecule has 0 aliphatic carbocycles. The number of benzene rings is 1. The first kappa shape index (κ1) is 18.2. The van der Waals surface area contributed by atoms with Crippen molar-refractivity contribution in [1.29, 1.82) is 0 Å². The third kappa shape index (κ3) is 4.54. The van der Waals surface area contributed by atoms with Crippen LogP contribution in [0.2, 0.25) is 5.02 Å². The molecule has 2 aromatic rings. The molecule has 1 aliphatic rings. The second-order valence-corrected chi connectivity index (χ2v) is 6.78. The van der Waals surface area contributed by atoms with Gasteiger partial charge < -0.3 is 10.0 Å². The summed E-state index contributed by atoms with van der Waals surface area (Å²) in [5.41, 5.74) is 2.76. The van der Waals surface area contributed by atoms with Crippen LogP contribution >= 0.6 is 11.6 Å². The summed E-state index contributed by atoms with van der Waals surface area (Å²) in [6.45, 7) is 0.676. The van der Waals surface area contributed by atoms with Crippen LogP contribution in [0.4, 0.5) is 13.2 Å². The van der Waals surface area contributed by atoms with E-state index in [0.29, 0.717) is 18.1 Å². The Kier molecular flexibility index (Phi) is 5.36. The van der Waals surface area contributed by atoms with Gasteiger partial charge in [-0.2, -0.15) is 18.3 Å². The molecule has 0 unspecified atom stereocenters. The van der Waals surface area contributed by atoms with E-state index in [2.05, 4.69) is 10.2 Å². The van der Waals surface area contributed by atoms with Gasteiger partial charge in [0.2, 0.25) is 0 Å². The van der Waals surface area contributed by atoms with Gasteiger partial charge in [-0.15, -0.1) is 0 Å². The van der Waals surface area contributed by atoms with Gasteiger partial charge >= 0.3 is 6.18 Å². The van der Waals surface area contributed by atoms with Crippen LogP contribution in [0.25, 0.3) is 11.3 Å². The normalized spacial score (nSPS) is 18.4. The van der Waals surface area contributed by atoms with E-state index in [1.807, 2.05) is 18.2 Å². The van der Waals surface area contributed by atoms with Crippen LogP contribution < -0.4 is 0 Å². The van der Waals surface area contributed by atoms with Gasteiger partial charge in [-0.3, -0.25) is 5.10 Å². The zero-order valence-electron chi connectivity index (χ0n) is 13.4. The highest BCUT2D eigenvalue weighted by molar-refractivity contribution is 6.30. The van der Waals surface area contributed by atoms with Gasteiger partial charge in [0, 0.05) is 28.7 Å². The van der Waals surface area contributed by atoms with Crippen LogP contribution in [0, 0.1) is 0 Å². The lowest BCUT2D eigenvalue weighted by Crippen LogP contribution is -2.44. The molecule has 1 aromatic heterocycles. The maximum absolute atomic E-state index is 12.4. The van der Waals surface area contributed by atoms with E-state index in [0.717, 1.165) is 29.8 Å². The van der Waals surface area contributed by atoms with Crippen LogP contribution in [0.1, 0.15) is 24.5 Å². The number of likely N-dealkylation sites (tertiary alicyclic amines) is 1. The third-order valence-electron chi connectivity index (χ3n) is 4.57. The van der Waals surface area contributed by atoms with Crippen molar-refractivity contribution in [3.05, 3.63) is 41.0 Å². The summed E-state index contributed by atoms with van der Waals surface area (Å²) >= 11 is 5.88. The van der Waals surface area contributed by atoms with Gasteiger partial charge in [0.1, 0.15) is 0 Å². The molecule has 1 fully saturated rings. The van der Waals surface area contributed by atoms with Gasteiger partial charge in [0.05, 0.1) is 5.69 Å². The Balaban J connectivity index is 1.58. The van der Waals surface area contributed by atoms with Crippen molar-refractivity contribution in [2.45, 2.75) is 31.0 Å². The minimum atomic E-state index is -4.56. The second-order valence-electron chi connectivity index (χ2n) is 6.35. The molecule has 1 aliphatic heterocycles. The Bertz CT molecular complexity index is 694. The van der Waals surface area contributed by atoms with E-state index in [1.54, 1.807) is 17.0 Å². The van der Waals surface area contributed by atoms with E-state index < -0.39 is 12.3 Å². The Morgan fingerprint density at radius 3 is 2.48 bits per heavy atom. The zero-order valence-corrected chi connectivity index (χ0v) is 14.2. The number of hydrogen-bond acceptors (Lipinski definition) is 3. The number of aliphatic hydroxyl groups is 1. The fourth-order valence-corrected chi connectivity index (χ4v) is 3.21. The lowest BCUT2D eigenvalue weighted by molar-refractivity contribution is -0.208. The molecule has 4 nitrogen and oxygen atoms in total. The number of hydrogen-bond donors (Lipinski definition) is 2. The monoisotopic (exact) mass is 373 g/mol. The van der Waals surface area contributed by atoms with Crippen molar-refractivity contribution < 1.29 is 18.3 Å². The second kappa shape index (κ2) is 7.35. The number of alkyl halides is 3. The number of aromatic nitrogens is 2. The maximum atomic E-state index is 12.4. The van der Waals surface area contributed by atoms with E-state index in [9.17, 15) is 18.3 Å². The smallest absolute Gasteiger partial charge is 0.382 e. The fraction of sp³-hybridized carbons (Fsp3) is 0.471. The summed E-state index contributed by atoms with van der Waals surface area (Å²) in [7, 11) is 0. The Morgan fingerprint density at radius 1 is 1.24 bits per heavy atom. The van der Waals surface area contributed by atoms with Gasteiger partial charge in [-0.25, -0.2) is 0 Å². The lowest BCUT2D eigenvalue weighted by atomic mass is 9.93. The quantitative estimate of drug-likeness (QED) is 0.856. The number of piperidine rings is 1. The zero-order chi connectivity index (χ0) is 18.0. The Morgan fingerprint density at radius 2 is 1.88 bits per heavy atom. The summed E-state index contributed by atoms with van der Waals surface area (Å²) in [6, 6.07) is 9.37. The van der Waals surface area contributed by atoms with Gasteiger partial charge in [0.15, 0.2) is 6.10 Å². The summed E-state index contributed by atoms with van der Waals surface area (Å²) in [6.07, 6.45) is -5.39. The first-order valence-corrected chi connectivity index (χ1v) is 8.49. The summed E-state index contributed by atoms with van der Waals surface area (Å²) in [5, 5.41) is 17.2. The van der Waals surface area contributed by atoms with E-state index in [-0.39, 0.29) is 12.5 Å². The van der Waals surface area contributed by atoms with Gasteiger partial charge in [0.25, 0.3) is 0 Å². The van der Waals surface area contributed by atoms with Crippen LogP contribution in [-0.2, 0) is 0 Å². The predicted octanol–water partition coefficient (Wildman–Crippen LogP) is 3.83. The molecule has 1 atom stereocenters. The molecule has 2 heterocycles. The number of nitrogens with zero attached hydrogens (tertiary/aromatic N) is 2. The topological polar surface area (TPSA) is 52.1 Å². The molecule has 8 heteroatoms. The average Bonchev–Trinajstić information content (AvgIpc) is 3.05. The molecule has 2 N–H and O–H groups in total. The number of aliphatic hydroxyl groups excluding tert-OH is 1. The first-order chi connectivity index (χ1) is 11.8. The van der Waals surface area contributed by atoms with Crippen LogP contribution in [0.15, 0.2) is 30.3 Å². The number of aromatic amines is 1. The molecule has 0 amide bonds. The molecule has 0 spiro atoms. The number of nitrogens with one attached hydrogen (secondary N) is 1. The van der Waals surface area contributed by atoms with Crippen molar-refractivity contribution in [3.63, 3.8) is 0 Å². The van der Waals surface area contributed by atoms with E-state index in [4.69, 9.17) is 11.6 Å². The molecule has 25 heavy (non-hydrogen) atoms. The average molecular weight is 374 g/mol. The molecule has 0 bridgehead atoms. The number of H-pyrrole nitrogens is 1. The highest BCUT2D eigenvalue weighted by Crippen LogP contribution is 2.30. The molecule has 1 saturated heterocycles. The van der Waals surface area contributed by atoms with Crippen molar-refractivity contribution in [2.75, 3.05) is 19.6 Å². The Labute approximate surface area is 148 Å². The van der Waals surface area contributed by atoms with Crippen LogP contribution in [-0.4, -0.2) is 52.1 Å². The minimum absolute atomic E-state index is 0.229. The molecule has 136 valence electrons. The third-order valence-corrected chi connectivity index (χ3v) is 4.83. The predicted molar refractivity (Wildman–Crippen MR) is 89.5 cm³/mol. The van der Waals surface area contributed by atoms with Crippen molar-refractivity contribution in [1.82, 2.24) is 15.1 Å². The standard InChI is InChI=1S/C17H19ClF3N3O/c18-13-3-1-11(2-4-13)14-9-15(23-22-14)12-5-7-24(8-6-12)10-16(25)17(19,20)21/h1-4,9,12,16,25H,5-8,10H2,(H,22,23)/t16-/m0/s1. The van der Waals surface area contributed by atoms with Gasteiger partial charge in [-0.05, 0) is 44.1 Å². The number of β-amino-alcohol motifs (C(OH)–C–C–N with tert-alkyl or cyclic N) is 1. The highest BCUT2D eigenvalue weighted by atomic mass is 35.5. The first-order valence-electron chi connectivity index (χ1n) is 8.11. The highest BCUT2D eigenvalue weighted by Gasteiger charge is 2.39. The van der Waals surface area contributed by atoms with Crippen molar-refractivity contribution in [3.8, 4) is 11.3 Å². The molecular weight excluding hydrogens is 355 g/mol. The molecule has 3 rings (SSSR count). The fourth-order valence-electron chi connectivity index (χ4n) is 3.09. The van der Waals surface area contributed by atoms with Crippen molar-refractivity contribution in [2.24, 2.45) is 0 Å². The number of rotatable bonds is 4. The summed E-state index contributed by atoms with van der Waals surface area (Å²) in [4.78, 5) is 1.66. The van der Waals surface area contributed by atoms with E-state index in [1.165, 1.54) is 0 Å². The SMILES string of the molecule is O[C@@H](CN1CCC(c2cc(-c3ccc(Cl)cc3)n[nH]2)CC1)C(F)(F)F. The van der Waals surface area contributed by atoms with Crippen molar-refractivity contribution >= 4 is 11.6 Å². The Hall–Kier alpha value is -1.57.